The summed E-state index contributed by atoms with van der Waals surface area (Å²) < 4.78 is 26.7. The minimum Gasteiger partial charge on any atom is -0.325 e. The predicted molar refractivity (Wildman–Crippen MR) is 82.6 cm³/mol. The summed E-state index contributed by atoms with van der Waals surface area (Å²) in [6, 6.07) is 6.45. The van der Waals surface area contributed by atoms with Crippen molar-refractivity contribution in [2.75, 3.05) is 18.4 Å². The lowest BCUT2D eigenvalue weighted by molar-refractivity contribution is -0.115. The van der Waals surface area contributed by atoms with Crippen LogP contribution < -0.4 is 5.32 Å². The van der Waals surface area contributed by atoms with Crippen LogP contribution in [0.4, 0.5) is 5.69 Å². The van der Waals surface area contributed by atoms with E-state index in [4.69, 9.17) is 5.26 Å². The fraction of sp³-hybridized carbons (Fsp3) is 0.467. The molecule has 0 aliphatic carbocycles. The summed E-state index contributed by atoms with van der Waals surface area (Å²) in [5, 5.41) is 11.1. The summed E-state index contributed by atoms with van der Waals surface area (Å²) in [5.74, 6) is -0.446. The number of amides is 1. The first-order chi connectivity index (χ1) is 10.4. The summed E-state index contributed by atoms with van der Waals surface area (Å²) >= 11 is 0. The first-order valence-electron chi connectivity index (χ1n) is 7.23. The second-order valence-electron chi connectivity index (χ2n) is 5.32. The van der Waals surface area contributed by atoms with Gasteiger partial charge in [0.1, 0.15) is 6.42 Å². The van der Waals surface area contributed by atoms with E-state index in [0.717, 1.165) is 24.8 Å². The van der Waals surface area contributed by atoms with Gasteiger partial charge in [-0.3, -0.25) is 4.79 Å². The topological polar surface area (TPSA) is 90.3 Å². The third kappa shape index (κ3) is 3.64. The number of hydrogen-bond donors (Lipinski definition) is 1. The van der Waals surface area contributed by atoms with Gasteiger partial charge in [-0.25, -0.2) is 8.42 Å². The fourth-order valence-corrected chi connectivity index (χ4v) is 3.96. The predicted octanol–water partition coefficient (Wildman–Crippen LogP) is 2.02. The Morgan fingerprint density at radius 1 is 1.32 bits per heavy atom. The van der Waals surface area contributed by atoms with Gasteiger partial charge in [-0.2, -0.15) is 9.57 Å². The van der Waals surface area contributed by atoms with Crippen LogP contribution in [0.5, 0.6) is 0 Å². The van der Waals surface area contributed by atoms with Gasteiger partial charge in [-0.15, -0.1) is 0 Å². The van der Waals surface area contributed by atoms with Gasteiger partial charge in [-0.05, 0) is 37.5 Å². The van der Waals surface area contributed by atoms with Crippen LogP contribution in [0.3, 0.4) is 0 Å². The largest absolute Gasteiger partial charge is 0.325 e. The van der Waals surface area contributed by atoms with Gasteiger partial charge in [0.05, 0.1) is 11.0 Å². The number of hydrogen-bond acceptors (Lipinski definition) is 4. The van der Waals surface area contributed by atoms with Crippen LogP contribution in [-0.4, -0.2) is 31.7 Å². The van der Waals surface area contributed by atoms with Crippen molar-refractivity contribution in [3.63, 3.8) is 0 Å². The van der Waals surface area contributed by atoms with E-state index in [0.29, 0.717) is 18.8 Å². The number of carbonyl (C=O) groups excluding carboxylic acids is 1. The average Bonchev–Trinajstić information content (AvgIpc) is 2.50. The van der Waals surface area contributed by atoms with E-state index in [1.165, 1.54) is 10.4 Å². The van der Waals surface area contributed by atoms with E-state index in [1.54, 1.807) is 25.1 Å². The van der Waals surface area contributed by atoms with Crippen molar-refractivity contribution < 1.29 is 13.2 Å². The number of nitrogens with zero attached hydrogens (tertiary/aromatic N) is 2. The maximum Gasteiger partial charge on any atom is 0.243 e. The van der Waals surface area contributed by atoms with Gasteiger partial charge in [0.15, 0.2) is 0 Å². The highest BCUT2D eigenvalue weighted by molar-refractivity contribution is 7.89. The fourth-order valence-electron chi connectivity index (χ4n) is 2.42. The molecule has 7 heteroatoms. The lowest BCUT2D eigenvalue weighted by Crippen LogP contribution is -2.35. The van der Waals surface area contributed by atoms with Crippen molar-refractivity contribution in [1.29, 1.82) is 5.26 Å². The number of rotatable bonds is 4. The smallest absolute Gasteiger partial charge is 0.243 e. The van der Waals surface area contributed by atoms with Crippen molar-refractivity contribution in [3.05, 3.63) is 23.8 Å². The SMILES string of the molecule is Cc1ccc(S(=O)(=O)N2CCCCC2)cc1NC(=O)CC#N. The Hall–Kier alpha value is -1.91. The van der Waals surface area contributed by atoms with Crippen molar-refractivity contribution in [2.24, 2.45) is 0 Å². The molecule has 1 amide bonds. The van der Waals surface area contributed by atoms with Crippen LogP contribution in [-0.2, 0) is 14.8 Å². The monoisotopic (exact) mass is 321 g/mol. The van der Waals surface area contributed by atoms with Gasteiger partial charge < -0.3 is 5.32 Å². The molecule has 1 aliphatic rings. The zero-order valence-corrected chi connectivity index (χ0v) is 13.3. The second-order valence-corrected chi connectivity index (χ2v) is 7.26. The molecule has 1 aromatic carbocycles. The van der Waals surface area contributed by atoms with Crippen LogP contribution >= 0.6 is 0 Å². The van der Waals surface area contributed by atoms with Crippen molar-refractivity contribution in [3.8, 4) is 6.07 Å². The number of aryl methyl sites for hydroxylation is 1. The molecule has 0 radical (unpaired) electrons. The van der Waals surface area contributed by atoms with Crippen LogP contribution in [0.25, 0.3) is 0 Å². The van der Waals surface area contributed by atoms with Gasteiger partial charge in [-0.1, -0.05) is 12.5 Å². The van der Waals surface area contributed by atoms with Crippen molar-refractivity contribution >= 4 is 21.6 Å². The summed E-state index contributed by atoms with van der Waals surface area (Å²) in [5.41, 5.74) is 1.18. The summed E-state index contributed by atoms with van der Waals surface area (Å²) in [6.07, 6.45) is 2.53. The summed E-state index contributed by atoms with van der Waals surface area (Å²) in [7, 11) is -3.53. The molecule has 0 aromatic heterocycles. The van der Waals surface area contributed by atoms with E-state index < -0.39 is 15.9 Å². The third-order valence-corrected chi connectivity index (χ3v) is 5.57. The molecule has 0 spiro atoms. The molecule has 1 fully saturated rings. The van der Waals surface area contributed by atoms with Crippen LogP contribution in [0, 0.1) is 18.3 Å². The van der Waals surface area contributed by atoms with E-state index in [1.807, 2.05) is 0 Å². The number of piperidine rings is 1. The van der Waals surface area contributed by atoms with Gasteiger partial charge in [0, 0.05) is 18.8 Å². The minimum atomic E-state index is -3.53. The number of nitriles is 1. The normalized spacial score (nSPS) is 16.0. The first kappa shape index (κ1) is 16.5. The molecule has 1 N–H and O–H groups in total. The maximum absolute atomic E-state index is 12.6. The van der Waals surface area contributed by atoms with E-state index in [2.05, 4.69) is 5.32 Å². The highest BCUT2D eigenvalue weighted by Crippen LogP contribution is 2.25. The zero-order chi connectivity index (χ0) is 16.2. The van der Waals surface area contributed by atoms with Crippen LogP contribution in [0.15, 0.2) is 23.1 Å². The van der Waals surface area contributed by atoms with Crippen LogP contribution in [0.1, 0.15) is 31.2 Å². The number of anilines is 1. The summed E-state index contributed by atoms with van der Waals surface area (Å²) in [4.78, 5) is 11.7. The van der Waals surface area contributed by atoms with E-state index in [-0.39, 0.29) is 11.3 Å². The molecule has 118 valence electrons. The standard InChI is InChI=1S/C15H19N3O3S/c1-12-5-6-13(11-14(12)17-15(19)7-8-16)22(20,21)18-9-3-2-4-10-18/h5-6,11H,2-4,7,9-10H2,1H3,(H,17,19). The Bertz CT molecular complexity index is 701. The zero-order valence-electron chi connectivity index (χ0n) is 12.5. The van der Waals surface area contributed by atoms with E-state index in [9.17, 15) is 13.2 Å². The third-order valence-electron chi connectivity index (χ3n) is 3.68. The lowest BCUT2D eigenvalue weighted by atomic mass is 10.2. The molecule has 22 heavy (non-hydrogen) atoms. The van der Waals surface area contributed by atoms with Gasteiger partial charge in [0.2, 0.25) is 15.9 Å². The molecule has 0 saturated carbocycles. The number of benzene rings is 1. The summed E-state index contributed by atoms with van der Waals surface area (Å²) in [6.45, 7) is 2.85. The number of nitrogens with one attached hydrogen (secondary N) is 1. The van der Waals surface area contributed by atoms with E-state index >= 15 is 0 Å². The Morgan fingerprint density at radius 3 is 2.64 bits per heavy atom. The Morgan fingerprint density at radius 2 is 2.00 bits per heavy atom. The Labute approximate surface area is 130 Å². The maximum atomic E-state index is 12.6. The molecule has 0 atom stereocenters. The van der Waals surface area contributed by atoms with Crippen molar-refractivity contribution in [2.45, 2.75) is 37.5 Å². The number of carbonyl (C=O) groups is 1. The molecular weight excluding hydrogens is 302 g/mol. The molecule has 1 aromatic rings. The first-order valence-corrected chi connectivity index (χ1v) is 8.67. The molecule has 1 saturated heterocycles. The van der Waals surface area contributed by atoms with Crippen LogP contribution in [0.2, 0.25) is 0 Å². The van der Waals surface area contributed by atoms with Gasteiger partial charge in [0.25, 0.3) is 0 Å². The molecule has 2 rings (SSSR count). The molecule has 0 unspecified atom stereocenters. The minimum absolute atomic E-state index is 0.173. The molecule has 1 heterocycles. The highest BCUT2D eigenvalue weighted by atomic mass is 32.2. The highest BCUT2D eigenvalue weighted by Gasteiger charge is 2.26. The molecular formula is C15H19N3O3S. The second kappa shape index (κ2) is 6.90. The average molecular weight is 321 g/mol. The lowest BCUT2D eigenvalue weighted by Gasteiger charge is -2.26. The van der Waals surface area contributed by atoms with Gasteiger partial charge >= 0.3 is 0 Å². The van der Waals surface area contributed by atoms with Crippen molar-refractivity contribution in [1.82, 2.24) is 4.31 Å². The molecule has 1 aliphatic heterocycles. The molecule has 6 nitrogen and oxygen atoms in total. The molecule has 0 bridgehead atoms. The Balaban J connectivity index is 2.28. The number of sulfonamides is 1. The Kier molecular flexibility index (Phi) is 5.16. The quantitative estimate of drug-likeness (QED) is 0.918.